The number of hydrogen-bond acceptors (Lipinski definition) is 3. The summed E-state index contributed by atoms with van der Waals surface area (Å²) in [5.74, 6) is 0.611. The fourth-order valence-corrected chi connectivity index (χ4v) is 3.62. The van der Waals surface area contributed by atoms with Crippen LogP contribution in [0.3, 0.4) is 0 Å². The van der Waals surface area contributed by atoms with Gasteiger partial charge in [0.05, 0.1) is 0 Å². The monoisotopic (exact) mass is 322 g/mol. The molecule has 122 valence electrons. The summed E-state index contributed by atoms with van der Waals surface area (Å²) in [4.78, 5) is 29.7. The average Bonchev–Trinajstić information content (AvgIpc) is 3.07. The maximum absolute atomic E-state index is 12.3. The molecule has 22 heavy (non-hydrogen) atoms. The molecule has 0 atom stereocenters. The number of hydrogen-bond donors (Lipinski definition) is 0. The van der Waals surface area contributed by atoms with Crippen molar-refractivity contribution < 1.29 is 9.59 Å². The Hall–Kier alpha value is -1.36. The van der Waals surface area contributed by atoms with E-state index in [0.29, 0.717) is 32.6 Å². The molecule has 0 aromatic carbocycles. The maximum atomic E-state index is 12.3. The van der Waals surface area contributed by atoms with E-state index in [2.05, 4.69) is 19.9 Å². The molecule has 0 unspecified atom stereocenters. The van der Waals surface area contributed by atoms with Gasteiger partial charge in [0, 0.05) is 43.4 Å². The van der Waals surface area contributed by atoms with Gasteiger partial charge in [0.2, 0.25) is 11.8 Å². The zero-order valence-electron chi connectivity index (χ0n) is 13.6. The number of rotatable bonds is 6. The number of amides is 2. The van der Waals surface area contributed by atoms with Crippen molar-refractivity contribution in [3.63, 3.8) is 0 Å². The van der Waals surface area contributed by atoms with E-state index < -0.39 is 0 Å². The molecule has 4 nitrogen and oxygen atoms in total. The minimum atomic E-state index is 0.140. The lowest BCUT2D eigenvalue weighted by atomic mass is 10.0. The Bertz CT molecular complexity index is 475. The second-order valence-corrected chi connectivity index (χ2v) is 6.83. The molecule has 1 aromatic rings. The summed E-state index contributed by atoms with van der Waals surface area (Å²) in [6.07, 6.45) is 3.19. The maximum Gasteiger partial charge on any atom is 0.225 e. The van der Waals surface area contributed by atoms with Crippen molar-refractivity contribution in [3.05, 3.63) is 22.4 Å². The van der Waals surface area contributed by atoms with Gasteiger partial charge in [0.1, 0.15) is 0 Å². The van der Waals surface area contributed by atoms with Crippen LogP contribution in [0.5, 0.6) is 0 Å². The molecular formula is C17H26N2O2S. The lowest BCUT2D eigenvalue weighted by molar-refractivity contribution is -0.142. The fourth-order valence-electron chi connectivity index (χ4n) is 2.92. The summed E-state index contributed by atoms with van der Waals surface area (Å²) in [6.45, 7) is 6.84. The van der Waals surface area contributed by atoms with Gasteiger partial charge in [-0.1, -0.05) is 19.9 Å². The minimum Gasteiger partial charge on any atom is -0.339 e. The van der Waals surface area contributed by atoms with Crippen molar-refractivity contribution in [1.29, 1.82) is 0 Å². The number of nitrogens with zero attached hydrogens (tertiary/aromatic N) is 2. The Labute approximate surface area is 137 Å². The smallest absolute Gasteiger partial charge is 0.225 e. The van der Waals surface area contributed by atoms with Crippen molar-refractivity contribution in [3.8, 4) is 0 Å². The predicted molar refractivity (Wildman–Crippen MR) is 89.9 cm³/mol. The molecule has 0 aliphatic carbocycles. The molecule has 5 heteroatoms. The largest absolute Gasteiger partial charge is 0.339 e. The summed E-state index contributed by atoms with van der Waals surface area (Å²) >= 11 is 1.70. The third kappa shape index (κ3) is 4.32. The van der Waals surface area contributed by atoms with Crippen LogP contribution < -0.4 is 0 Å². The molecule has 2 rings (SSSR count). The van der Waals surface area contributed by atoms with Crippen LogP contribution in [0.15, 0.2) is 17.5 Å². The van der Waals surface area contributed by atoms with E-state index in [1.165, 1.54) is 4.88 Å². The summed E-state index contributed by atoms with van der Waals surface area (Å²) in [6, 6.07) is 4.09. The number of thiophene rings is 1. The van der Waals surface area contributed by atoms with Crippen LogP contribution in [0.1, 0.15) is 38.0 Å². The molecule has 0 bridgehead atoms. The highest BCUT2D eigenvalue weighted by Crippen LogP contribution is 2.15. The lowest BCUT2D eigenvalue weighted by Gasteiger charge is -2.36. The predicted octanol–water partition coefficient (Wildman–Crippen LogP) is 2.79. The highest BCUT2D eigenvalue weighted by atomic mass is 32.1. The van der Waals surface area contributed by atoms with E-state index in [1.54, 1.807) is 11.3 Å². The highest BCUT2D eigenvalue weighted by molar-refractivity contribution is 7.09. The average molecular weight is 322 g/mol. The van der Waals surface area contributed by atoms with Crippen LogP contribution in [0.2, 0.25) is 0 Å². The standard InChI is InChI=1S/C17H26N2O2S/c1-3-14(4-2)17(21)19-11-9-18(10-12-19)16(20)8-7-15-6-5-13-22-15/h5-6,13-14H,3-4,7-12H2,1-2H3. The lowest BCUT2D eigenvalue weighted by Crippen LogP contribution is -2.51. The first kappa shape index (κ1) is 17.0. The number of carbonyl (C=O) groups excluding carboxylic acids is 2. The van der Waals surface area contributed by atoms with Gasteiger partial charge >= 0.3 is 0 Å². The van der Waals surface area contributed by atoms with Gasteiger partial charge in [0.25, 0.3) is 0 Å². The summed E-state index contributed by atoms with van der Waals surface area (Å²) < 4.78 is 0. The second kappa shape index (κ2) is 8.32. The van der Waals surface area contributed by atoms with Gasteiger partial charge in [-0.3, -0.25) is 9.59 Å². The molecule has 1 aliphatic heterocycles. The van der Waals surface area contributed by atoms with Gasteiger partial charge in [-0.25, -0.2) is 0 Å². The summed E-state index contributed by atoms with van der Waals surface area (Å²) in [7, 11) is 0. The highest BCUT2D eigenvalue weighted by Gasteiger charge is 2.27. The van der Waals surface area contributed by atoms with E-state index in [9.17, 15) is 9.59 Å². The van der Waals surface area contributed by atoms with E-state index >= 15 is 0 Å². The van der Waals surface area contributed by atoms with E-state index in [-0.39, 0.29) is 17.7 Å². The minimum absolute atomic E-state index is 0.140. The molecule has 0 radical (unpaired) electrons. The van der Waals surface area contributed by atoms with Crippen LogP contribution in [0, 0.1) is 5.92 Å². The second-order valence-electron chi connectivity index (χ2n) is 5.80. The molecule has 2 amide bonds. The van der Waals surface area contributed by atoms with Gasteiger partial charge < -0.3 is 9.80 Å². The van der Waals surface area contributed by atoms with Crippen LogP contribution in [-0.2, 0) is 16.0 Å². The first-order valence-corrected chi connectivity index (χ1v) is 9.12. The number of carbonyl (C=O) groups is 2. The van der Waals surface area contributed by atoms with Crippen molar-refractivity contribution in [2.24, 2.45) is 5.92 Å². The van der Waals surface area contributed by atoms with Crippen LogP contribution in [0.4, 0.5) is 0 Å². The normalized spacial score (nSPS) is 15.4. The molecular weight excluding hydrogens is 296 g/mol. The molecule has 1 fully saturated rings. The van der Waals surface area contributed by atoms with Crippen LogP contribution >= 0.6 is 11.3 Å². The zero-order chi connectivity index (χ0) is 15.9. The van der Waals surface area contributed by atoms with Gasteiger partial charge in [-0.05, 0) is 30.7 Å². The zero-order valence-corrected chi connectivity index (χ0v) is 14.4. The van der Waals surface area contributed by atoms with E-state index in [4.69, 9.17) is 0 Å². The Kier molecular flexibility index (Phi) is 6.43. The molecule has 0 spiro atoms. The molecule has 1 aromatic heterocycles. The third-order valence-electron chi connectivity index (χ3n) is 4.44. The van der Waals surface area contributed by atoms with Crippen molar-refractivity contribution in [2.45, 2.75) is 39.5 Å². The van der Waals surface area contributed by atoms with E-state index in [0.717, 1.165) is 19.3 Å². The quantitative estimate of drug-likeness (QED) is 0.808. The first-order valence-electron chi connectivity index (χ1n) is 8.24. The van der Waals surface area contributed by atoms with E-state index in [1.807, 2.05) is 21.2 Å². The Morgan fingerprint density at radius 1 is 1.14 bits per heavy atom. The first-order chi connectivity index (χ1) is 10.7. The third-order valence-corrected chi connectivity index (χ3v) is 5.38. The summed E-state index contributed by atoms with van der Waals surface area (Å²) in [5.41, 5.74) is 0. The Balaban J connectivity index is 1.76. The van der Waals surface area contributed by atoms with Crippen molar-refractivity contribution in [1.82, 2.24) is 9.80 Å². The SMILES string of the molecule is CCC(CC)C(=O)N1CCN(C(=O)CCc2cccs2)CC1. The van der Waals surface area contributed by atoms with Crippen LogP contribution in [0.25, 0.3) is 0 Å². The molecule has 1 saturated heterocycles. The molecule has 0 N–H and O–H groups in total. The fraction of sp³-hybridized carbons (Fsp3) is 0.647. The number of aryl methyl sites for hydroxylation is 1. The Morgan fingerprint density at radius 3 is 2.32 bits per heavy atom. The number of piperazine rings is 1. The molecule has 1 aliphatic rings. The van der Waals surface area contributed by atoms with Gasteiger partial charge in [0.15, 0.2) is 0 Å². The summed E-state index contributed by atoms with van der Waals surface area (Å²) in [5, 5.41) is 2.04. The van der Waals surface area contributed by atoms with Crippen molar-refractivity contribution in [2.75, 3.05) is 26.2 Å². The van der Waals surface area contributed by atoms with Gasteiger partial charge in [-0.2, -0.15) is 0 Å². The van der Waals surface area contributed by atoms with Gasteiger partial charge in [-0.15, -0.1) is 11.3 Å². The van der Waals surface area contributed by atoms with Crippen LogP contribution in [-0.4, -0.2) is 47.8 Å². The Morgan fingerprint density at radius 2 is 1.77 bits per heavy atom. The van der Waals surface area contributed by atoms with Crippen molar-refractivity contribution >= 4 is 23.2 Å². The topological polar surface area (TPSA) is 40.6 Å². The molecule has 0 saturated carbocycles. The molecule has 2 heterocycles.